The van der Waals surface area contributed by atoms with Gasteiger partial charge >= 0.3 is 12.1 Å². The molecule has 20 heteroatoms. The molecule has 0 fully saturated rings. The van der Waals surface area contributed by atoms with E-state index in [0.717, 1.165) is 43.4 Å². The van der Waals surface area contributed by atoms with E-state index in [1.165, 1.54) is 0 Å². The molecule has 0 aliphatic heterocycles. The van der Waals surface area contributed by atoms with Crippen LogP contribution >= 0.6 is 11.6 Å². The molecule has 5 amide bonds. The second kappa shape index (κ2) is 28.8. The molecule has 1 heterocycles. The molecule has 2 aromatic rings. The summed E-state index contributed by atoms with van der Waals surface area (Å²) in [5.41, 5.74) is 12.1. The number of benzene rings is 1. The van der Waals surface area contributed by atoms with Crippen molar-refractivity contribution in [3.63, 3.8) is 0 Å². The first-order valence-corrected chi connectivity index (χ1v) is 18.4. The number of nitrogen functional groups attached to an aromatic ring is 2. The number of rotatable bonds is 28. The molecule has 54 heavy (non-hydrogen) atoms. The maximum atomic E-state index is 12.3. The van der Waals surface area contributed by atoms with E-state index >= 15 is 0 Å². The van der Waals surface area contributed by atoms with Crippen molar-refractivity contribution in [2.45, 2.75) is 39.0 Å². The van der Waals surface area contributed by atoms with Crippen LogP contribution in [0.15, 0.2) is 24.3 Å². The molecule has 1 aromatic heterocycles. The van der Waals surface area contributed by atoms with Gasteiger partial charge in [-0.25, -0.2) is 19.6 Å². The van der Waals surface area contributed by atoms with Crippen LogP contribution in [0.25, 0.3) is 0 Å². The molecule has 302 valence electrons. The molecule has 0 aliphatic rings. The monoisotopic (exact) mass is 781 g/mol. The van der Waals surface area contributed by atoms with Crippen LogP contribution in [0, 0.1) is 5.41 Å². The van der Waals surface area contributed by atoms with Crippen LogP contribution in [0.2, 0.25) is 5.15 Å². The zero-order chi connectivity index (χ0) is 39.2. The fourth-order valence-corrected chi connectivity index (χ4v) is 4.53. The number of hydrogen-bond donors (Lipinski definition) is 9. The molecule has 0 saturated carbocycles. The van der Waals surface area contributed by atoms with Gasteiger partial charge in [-0.3, -0.25) is 15.5 Å². The van der Waals surface area contributed by atoms with E-state index in [1.807, 2.05) is 31.2 Å². The number of ether oxygens (including phenoxy) is 5. The number of hydrogen-bond acceptors (Lipinski definition) is 13. The Bertz CT molecular complexity index is 1390. The molecule has 11 N–H and O–H groups in total. The molecule has 19 nitrogen and oxygen atoms in total. The summed E-state index contributed by atoms with van der Waals surface area (Å²) in [7, 11) is 0. The first-order chi connectivity index (χ1) is 26.2. The largest absolute Gasteiger partial charge is 0.491 e. The summed E-state index contributed by atoms with van der Waals surface area (Å²) in [6, 6.07) is 7.44. The highest BCUT2D eigenvalue weighted by Gasteiger charge is 2.17. The van der Waals surface area contributed by atoms with Crippen LogP contribution in [-0.4, -0.2) is 126 Å². The van der Waals surface area contributed by atoms with Gasteiger partial charge in [-0.05, 0) is 56.7 Å². The number of nitrogens with one attached hydrogen (secondary N) is 7. The summed E-state index contributed by atoms with van der Waals surface area (Å²) in [4.78, 5) is 42.9. The summed E-state index contributed by atoms with van der Waals surface area (Å²) >= 11 is 5.80. The lowest BCUT2D eigenvalue weighted by atomic mass is 10.1. The first kappa shape index (κ1) is 45.5. The smallest absolute Gasteiger partial charge is 0.314 e. The van der Waals surface area contributed by atoms with Crippen molar-refractivity contribution in [1.82, 2.24) is 41.9 Å². The van der Waals surface area contributed by atoms with Crippen molar-refractivity contribution >= 4 is 47.2 Å². The van der Waals surface area contributed by atoms with Crippen LogP contribution in [-0.2, 0) is 25.4 Å². The molecular formula is C34H56ClN11O8. The minimum Gasteiger partial charge on any atom is -0.491 e. The number of unbranched alkanes of at least 4 members (excludes halogenated alkanes) is 2. The Morgan fingerprint density at radius 1 is 0.667 bits per heavy atom. The number of nitrogens with zero attached hydrogens (tertiary/aromatic N) is 2. The van der Waals surface area contributed by atoms with Crippen LogP contribution in [0.5, 0.6) is 5.75 Å². The fraction of sp³-hybridized carbons (Fsp3) is 0.588. The number of aromatic nitrogens is 2. The highest BCUT2D eigenvalue weighted by atomic mass is 35.5. The summed E-state index contributed by atoms with van der Waals surface area (Å²) in [6.45, 7) is 8.29. The Hall–Kier alpha value is -4.69. The van der Waals surface area contributed by atoms with Crippen molar-refractivity contribution in [2.24, 2.45) is 0 Å². The van der Waals surface area contributed by atoms with E-state index in [-0.39, 0.29) is 40.5 Å². The quantitative estimate of drug-likeness (QED) is 0.0336. The van der Waals surface area contributed by atoms with Crippen molar-refractivity contribution in [2.75, 3.05) is 104 Å². The minimum atomic E-state index is -0.708. The van der Waals surface area contributed by atoms with Crippen molar-refractivity contribution in [1.29, 1.82) is 5.41 Å². The summed E-state index contributed by atoms with van der Waals surface area (Å²) in [6.07, 6.45) is 4.05. The third-order valence-corrected chi connectivity index (χ3v) is 7.41. The SMILES string of the molecule is CCNC(=O)NCCCCNC(=O)NCCOCCOCCOCCOCCOc1ccc(CCCCNC(=N)NC(=O)c2nc(Cl)c(N)nc2N)cc1. The molecule has 0 radical (unpaired) electrons. The summed E-state index contributed by atoms with van der Waals surface area (Å²) in [5, 5.41) is 23.9. The highest BCUT2D eigenvalue weighted by Crippen LogP contribution is 2.17. The number of amides is 5. The van der Waals surface area contributed by atoms with Gasteiger partial charge in [-0.2, -0.15) is 0 Å². The van der Waals surface area contributed by atoms with Gasteiger partial charge in [0.05, 0.1) is 52.9 Å². The molecule has 1 aromatic carbocycles. The van der Waals surface area contributed by atoms with Gasteiger partial charge in [-0.1, -0.05) is 23.7 Å². The lowest BCUT2D eigenvalue weighted by Gasteiger charge is -2.11. The Labute approximate surface area is 321 Å². The average Bonchev–Trinajstić information content (AvgIpc) is 3.14. The molecule has 0 atom stereocenters. The van der Waals surface area contributed by atoms with Crippen LogP contribution in [0.1, 0.15) is 48.7 Å². The first-order valence-electron chi connectivity index (χ1n) is 18.0. The number of urea groups is 2. The number of anilines is 2. The number of carbonyl (C=O) groups is 3. The lowest BCUT2D eigenvalue weighted by molar-refractivity contribution is -0.00413. The number of aryl methyl sites for hydroxylation is 1. The minimum absolute atomic E-state index is 0.0783. The Balaban J connectivity index is 1.33. The predicted octanol–water partition coefficient (Wildman–Crippen LogP) is 1.42. The number of nitrogens with two attached hydrogens (primary N) is 2. The summed E-state index contributed by atoms with van der Waals surface area (Å²) < 4.78 is 27.7. The van der Waals surface area contributed by atoms with Crippen LogP contribution in [0.3, 0.4) is 0 Å². The summed E-state index contributed by atoms with van der Waals surface area (Å²) in [5.74, 6) is -0.387. The zero-order valence-electron chi connectivity index (χ0n) is 30.9. The maximum absolute atomic E-state index is 12.3. The second-order valence-electron chi connectivity index (χ2n) is 11.5. The highest BCUT2D eigenvalue weighted by molar-refractivity contribution is 6.31. The third-order valence-electron chi connectivity index (χ3n) is 7.13. The zero-order valence-corrected chi connectivity index (χ0v) is 31.7. The van der Waals surface area contributed by atoms with Gasteiger partial charge in [0.1, 0.15) is 12.4 Å². The van der Waals surface area contributed by atoms with Crippen LogP contribution < -0.4 is 48.1 Å². The number of carbonyl (C=O) groups excluding carboxylic acids is 3. The third kappa shape index (κ3) is 21.7. The number of halogens is 1. The van der Waals surface area contributed by atoms with E-state index in [2.05, 4.69) is 41.9 Å². The van der Waals surface area contributed by atoms with Crippen molar-refractivity contribution < 1.29 is 38.1 Å². The van der Waals surface area contributed by atoms with Gasteiger partial charge in [0.2, 0.25) is 0 Å². The molecule has 0 aliphatic carbocycles. The molecule has 0 bridgehead atoms. The molecule has 0 spiro atoms. The van der Waals surface area contributed by atoms with E-state index in [9.17, 15) is 14.4 Å². The van der Waals surface area contributed by atoms with Crippen molar-refractivity contribution in [3.8, 4) is 5.75 Å². The van der Waals surface area contributed by atoms with Crippen molar-refractivity contribution in [3.05, 3.63) is 40.7 Å². The fourth-order valence-electron chi connectivity index (χ4n) is 4.40. The van der Waals surface area contributed by atoms with Gasteiger partial charge in [0.25, 0.3) is 5.91 Å². The van der Waals surface area contributed by atoms with Crippen LogP contribution in [0.4, 0.5) is 21.2 Å². The Kier molecular flexibility index (Phi) is 24.2. The standard InChI is InChI=1S/C34H56ClN11O8/c1-2-39-33(48)41-13-5-6-14-42-34(49)43-15-16-50-17-18-51-19-20-52-21-22-53-23-24-54-26-10-8-25(9-11-26)7-3-4-12-40-32(38)46-31(47)27-29(36)45-30(37)28(35)44-27/h8-11H,2-7,12-24H2,1H3,(H4,36,37,45)(H2,39,41,48)(H2,42,43,49)(H3,38,40,46,47). The Morgan fingerprint density at radius 2 is 1.19 bits per heavy atom. The normalized spacial score (nSPS) is 10.7. The Morgan fingerprint density at radius 3 is 1.80 bits per heavy atom. The van der Waals surface area contributed by atoms with Gasteiger partial charge < -0.3 is 61.7 Å². The maximum Gasteiger partial charge on any atom is 0.314 e. The van der Waals surface area contributed by atoms with Gasteiger partial charge in [0.15, 0.2) is 28.4 Å². The van der Waals surface area contributed by atoms with E-state index in [1.54, 1.807) is 0 Å². The van der Waals surface area contributed by atoms with E-state index in [4.69, 9.17) is 52.2 Å². The second-order valence-corrected chi connectivity index (χ2v) is 11.8. The van der Waals surface area contributed by atoms with Gasteiger partial charge in [0, 0.05) is 32.7 Å². The lowest BCUT2D eigenvalue weighted by Crippen LogP contribution is -2.41. The molecule has 0 saturated heterocycles. The average molecular weight is 782 g/mol. The molecule has 2 rings (SSSR count). The molecular weight excluding hydrogens is 726 g/mol. The number of guanidine groups is 1. The van der Waals surface area contributed by atoms with Gasteiger partial charge in [-0.15, -0.1) is 0 Å². The topological polar surface area (TPSA) is 271 Å². The van der Waals surface area contributed by atoms with E-state index in [0.29, 0.717) is 92.2 Å². The molecule has 0 unspecified atom stereocenters. The van der Waals surface area contributed by atoms with E-state index < -0.39 is 5.91 Å². The predicted molar refractivity (Wildman–Crippen MR) is 205 cm³/mol.